The van der Waals surface area contributed by atoms with Gasteiger partial charge in [-0.25, -0.2) is 5.84 Å². The van der Waals surface area contributed by atoms with Crippen LogP contribution in [0.15, 0.2) is 0 Å². The van der Waals surface area contributed by atoms with Crippen molar-refractivity contribution >= 4 is 25.7 Å². The number of hydrogen-bond acceptors (Lipinski definition) is 4. The summed E-state index contributed by atoms with van der Waals surface area (Å²) in [7, 11) is -1.64. The molecule has 0 bridgehead atoms. The molecule has 1 aliphatic carbocycles. The minimum atomic E-state index is -1.64. The third-order valence-corrected chi connectivity index (χ3v) is 9.40. The average molecular weight is 319 g/mol. The summed E-state index contributed by atoms with van der Waals surface area (Å²) < 4.78 is 11.9. The van der Waals surface area contributed by atoms with Crippen molar-refractivity contribution < 1.29 is 9.16 Å². The number of thiocarbonyl (C=S) groups is 1. The third kappa shape index (κ3) is 5.31. The molecule has 0 aromatic carbocycles. The van der Waals surface area contributed by atoms with E-state index in [4.69, 9.17) is 27.2 Å². The summed E-state index contributed by atoms with van der Waals surface area (Å²) in [6, 6.07) is 0. The second kappa shape index (κ2) is 7.20. The number of ether oxygens (including phenoxy) is 1. The Morgan fingerprint density at radius 3 is 2.25 bits per heavy atom. The van der Waals surface area contributed by atoms with Crippen molar-refractivity contribution in [2.75, 3.05) is 6.61 Å². The molecule has 1 aliphatic rings. The van der Waals surface area contributed by atoms with E-state index in [1.807, 2.05) is 0 Å². The first-order valence-electron chi connectivity index (χ1n) is 7.47. The molecule has 0 amide bonds. The van der Waals surface area contributed by atoms with Crippen LogP contribution >= 0.6 is 12.2 Å². The molecule has 4 nitrogen and oxygen atoms in total. The predicted molar refractivity (Wildman–Crippen MR) is 89.9 cm³/mol. The van der Waals surface area contributed by atoms with E-state index >= 15 is 0 Å². The number of hydrogen-bond donors (Lipinski definition) is 2. The lowest BCUT2D eigenvalue weighted by Crippen LogP contribution is -2.44. The highest BCUT2D eigenvalue weighted by molar-refractivity contribution is 7.80. The molecule has 1 rings (SSSR count). The van der Waals surface area contributed by atoms with E-state index in [0.29, 0.717) is 18.6 Å². The Morgan fingerprint density at radius 2 is 1.80 bits per heavy atom. The zero-order valence-electron chi connectivity index (χ0n) is 13.5. The summed E-state index contributed by atoms with van der Waals surface area (Å²) in [5.41, 5.74) is 2.35. The lowest BCUT2D eigenvalue weighted by Gasteiger charge is -2.41. The fraction of sp³-hybridized carbons (Fsp3) is 0.929. The lowest BCUT2D eigenvalue weighted by atomic mass is 9.88. The maximum atomic E-state index is 6.48. The number of nitrogens with one attached hydrogen (secondary N) is 1. The summed E-state index contributed by atoms with van der Waals surface area (Å²) in [4.78, 5) is 0. The van der Waals surface area contributed by atoms with Crippen LogP contribution in [0.25, 0.3) is 0 Å². The van der Waals surface area contributed by atoms with E-state index in [2.05, 4.69) is 39.3 Å². The van der Waals surface area contributed by atoms with E-state index in [0.717, 1.165) is 25.7 Å². The van der Waals surface area contributed by atoms with Crippen molar-refractivity contribution in [1.29, 1.82) is 0 Å². The number of nitrogens with two attached hydrogens (primary N) is 1. The van der Waals surface area contributed by atoms with Gasteiger partial charge in [0.1, 0.15) is 0 Å². The van der Waals surface area contributed by atoms with Gasteiger partial charge in [-0.15, -0.1) is 0 Å². The van der Waals surface area contributed by atoms with E-state index in [9.17, 15) is 0 Å². The molecular formula is C14H30N2O2SSi. The molecule has 0 atom stereocenters. The molecule has 3 N–H and O–H groups in total. The van der Waals surface area contributed by atoms with Gasteiger partial charge in [0.25, 0.3) is 5.17 Å². The van der Waals surface area contributed by atoms with Crippen molar-refractivity contribution in [3.05, 3.63) is 0 Å². The SMILES string of the molecule is CC(C)(C)[Si](C)(C)OC1CCC(COC(=S)NN)CC1. The summed E-state index contributed by atoms with van der Waals surface area (Å²) >= 11 is 4.88. The zero-order valence-corrected chi connectivity index (χ0v) is 15.3. The van der Waals surface area contributed by atoms with Crippen LogP contribution < -0.4 is 11.3 Å². The van der Waals surface area contributed by atoms with Crippen LogP contribution in [0.1, 0.15) is 46.5 Å². The first-order chi connectivity index (χ1) is 9.15. The van der Waals surface area contributed by atoms with Crippen molar-refractivity contribution in [3.63, 3.8) is 0 Å². The van der Waals surface area contributed by atoms with Crippen molar-refractivity contribution in [1.82, 2.24) is 5.43 Å². The van der Waals surface area contributed by atoms with E-state index in [-0.39, 0.29) is 10.2 Å². The molecule has 1 fully saturated rings. The lowest BCUT2D eigenvalue weighted by molar-refractivity contribution is 0.0961. The Kier molecular flexibility index (Phi) is 6.44. The number of rotatable bonds is 4. The normalized spacial score (nSPS) is 24.3. The van der Waals surface area contributed by atoms with Gasteiger partial charge in [0.15, 0.2) is 8.32 Å². The van der Waals surface area contributed by atoms with Gasteiger partial charge in [-0.3, -0.25) is 5.43 Å². The zero-order chi connectivity index (χ0) is 15.4. The standard InChI is InChI=1S/C14H30N2O2SSi/c1-14(2,3)20(4,5)18-12-8-6-11(7-9-12)10-17-13(19)16-15/h11-12H,6-10,15H2,1-5H3,(H,16,19). The van der Waals surface area contributed by atoms with Gasteiger partial charge in [-0.2, -0.15) is 0 Å². The maximum Gasteiger partial charge on any atom is 0.271 e. The molecule has 118 valence electrons. The minimum Gasteiger partial charge on any atom is -0.470 e. The topological polar surface area (TPSA) is 56.5 Å². The summed E-state index contributed by atoms with van der Waals surface area (Å²) in [6.07, 6.45) is 4.97. The minimum absolute atomic E-state index is 0.282. The fourth-order valence-electron chi connectivity index (χ4n) is 2.25. The molecule has 1 saturated carbocycles. The molecule has 0 unspecified atom stereocenters. The van der Waals surface area contributed by atoms with Gasteiger partial charge < -0.3 is 9.16 Å². The smallest absolute Gasteiger partial charge is 0.271 e. The fourth-order valence-corrected chi connectivity index (χ4v) is 3.74. The van der Waals surface area contributed by atoms with Gasteiger partial charge in [0.05, 0.1) is 6.61 Å². The Balaban J connectivity index is 2.34. The number of hydrazine groups is 1. The Hall–Kier alpha value is -0.173. The molecule has 0 aromatic rings. The van der Waals surface area contributed by atoms with Gasteiger partial charge in [0.2, 0.25) is 0 Å². The van der Waals surface area contributed by atoms with Crippen LogP contribution in [0.3, 0.4) is 0 Å². The Morgan fingerprint density at radius 1 is 1.25 bits per heavy atom. The largest absolute Gasteiger partial charge is 0.470 e. The van der Waals surface area contributed by atoms with Crippen LogP contribution in [0, 0.1) is 5.92 Å². The van der Waals surface area contributed by atoms with Crippen molar-refractivity contribution in [3.8, 4) is 0 Å². The first-order valence-corrected chi connectivity index (χ1v) is 10.8. The van der Waals surface area contributed by atoms with Gasteiger partial charge in [-0.05, 0) is 62.0 Å². The molecule has 0 aliphatic heterocycles. The van der Waals surface area contributed by atoms with E-state index < -0.39 is 8.32 Å². The van der Waals surface area contributed by atoms with E-state index in [1.165, 1.54) is 0 Å². The Bertz CT molecular complexity index is 324. The molecule has 20 heavy (non-hydrogen) atoms. The second-order valence-electron chi connectivity index (χ2n) is 7.26. The van der Waals surface area contributed by atoms with Crippen LogP contribution in [-0.2, 0) is 9.16 Å². The van der Waals surface area contributed by atoms with Crippen LogP contribution in [0.5, 0.6) is 0 Å². The molecule has 0 aromatic heterocycles. The van der Waals surface area contributed by atoms with Gasteiger partial charge >= 0.3 is 0 Å². The van der Waals surface area contributed by atoms with Crippen LogP contribution in [0.2, 0.25) is 18.1 Å². The highest BCUT2D eigenvalue weighted by Crippen LogP contribution is 2.39. The highest BCUT2D eigenvalue weighted by atomic mass is 32.1. The Labute approximate surface area is 129 Å². The average Bonchev–Trinajstić information content (AvgIpc) is 2.35. The highest BCUT2D eigenvalue weighted by Gasteiger charge is 2.39. The summed E-state index contributed by atoms with van der Waals surface area (Å²) in [5.74, 6) is 5.76. The second-order valence-corrected chi connectivity index (χ2v) is 12.4. The van der Waals surface area contributed by atoms with E-state index in [1.54, 1.807) is 0 Å². The molecule has 0 saturated heterocycles. The quantitative estimate of drug-likeness (QED) is 0.360. The predicted octanol–water partition coefficient (Wildman–Crippen LogP) is 3.33. The molecule has 0 radical (unpaired) electrons. The maximum absolute atomic E-state index is 6.48. The van der Waals surface area contributed by atoms with Crippen molar-refractivity contribution in [2.24, 2.45) is 11.8 Å². The summed E-state index contributed by atoms with van der Waals surface area (Å²) in [5, 5.41) is 0.566. The molecular weight excluding hydrogens is 288 g/mol. The van der Waals surface area contributed by atoms with Gasteiger partial charge in [-0.1, -0.05) is 20.8 Å². The molecule has 6 heteroatoms. The summed E-state index contributed by atoms with van der Waals surface area (Å²) in [6.45, 7) is 12.2. The monoisotopic (exact) mass is 318 g/mol. The molecule has 0 heterocycles. The van der Waals surface area contributed by atoms with Crippen LogP contribution in [-0.4, -0.2) is 26.2 Å². The van der Waals surface area contributed by atoms with Crippen LogP contribution in [0.4, 0.5) is 0 Å². The third-order valence-electron chi connectivity index (χ3n) is 4.63. The van der Waals surface area contributed by atoms with Crippen molar-refractivity contribution in [2.45, 2.75) is 70.7 Å². The molecule has 0 spiro atoms. The van der Waals surface area contributed by atoms with Gasteiger partial charge in [0, 0.05) is 6.10 Å². The first kappa shape index (κ1) is 17.9.